The average Bonchev–Trinajstić information content (AvgIpc) is 2.56. The van der Waals surface area contributed by atoms with Gasteiger partial charge in [-0.3, -0.25) is 4.79 Å². The molecule has 0 aliphatic carbocycles. The summed E-state index contributed by atoms with van der Waals surface area (Å²) in [4.78, 5) is 12.3. The van der Waals surface area contributed by atoms with Crippen LogP contribution in [0.15, 0.2) is 54.6 Å². The first kappa shape index (κ1) is 17.1. The summed E-state index contributed by atoms with van der Waals surface area (Å²) in [5.41, 5.74) is 2.33. The lowest BCUT2D eigenvalue weighted by molar-refractivity contribution is -0.127. The van der Waals surface area contributed by atoms with Crippen molar-refractivity contribution in [2.75, 3.05) is 0 Å². The number of benzene rings is 2. The standard InChI is InChI=1S/C20H25NO2/c1-14(2)17-10-12-19(13-11-17)23-16(4)20(22)21-15(3)18-8-6-5-7-9-18/h5-16H,1-4H3,(H,21,22)/t15-,16+/m1/s1. The smallest absolute Gasteiger partial charge is 0.261 e. The highest BCUT2D eigenvalue weighted by Crippen LogP contribution is 2.19. The van der Waals surface area contributed by atoms with Gasteiger partial charge >= 0.3 is 0 Å². The van der Waals surface area contributed by atoms with E-state index in [1.165, 1.54) is 5.56 Å². The zero-order valence-electron chi connectivity index (χ0n) is 14.2. The van der Waals surface area contributed by atoms with Crippen LogP contribution in [0.1, 0.15) is 50.8 Å². The molecule has 0 radical (unpaired) electrons. The van der Waals surface area contributed by atoms with Gasteiger partial charge in [0, 0.05) is 0 Å². The molecule has 0 aliphatic heterocycles. The van der Waals surface area contributed by atoms with Gasteiger partial charge in [-0.1, -0.05) is 56.3 Å². The normalized spacial score (nSPS) is 13.4. The molecule has 0 unspecified atom stereocenters. The average molecular weight is 311 g/mol. The van der Waals surface area contributed by atoms with Crippen LogP contribution in [0.25, 0.3) is 0 Å². The van der Waals surface area contributed by atoms with Gasteiger partial charge in [-0.05, 0) is 43.0 Å². The minimum absolute atomic E-state index is 0.0435. The number of hydrogen-bond acceptors (Lipinski definition) is 2. The lowest BCUT2D eigenvalue weighted by Crippen LogP contribution is -2.37. The third-order valence-electron chi connectivity index (χ3n) is 3.89. The Hall–Kier alpha value is -2.29. The summed E-state index contributed by atoms with van der Waals surface area (Å²) in [6, 6.07) is 17.8. The first-order valence-corrected chi connectivity index (χ1v) is 8.09. The van der Waals surface area contributed by atoms with Gasteiger partial charge in [0.15, 0.2) is 6.10 Å². The zero-order valence-corrected chi connectivity index (χ0v) is 14.2. The summed E-state index contributed by atoms with van der Waals surface area (Å²) < 4.78 is 5.74. The van der Waals surface area contributed by atoms with Gasteiger partial charge in [0.25, 0.3) is 5.91 Å². The quantitative estimate of drug-likeness (QED) is 0.855. The van der Waals surface area contributed by atoms with Crippen LogP contribution < -0.4 is 10.1 Å². The summed E-state index contributed by atoms with van der Waals surface area (Å²) in [7, 11) is 0. The molecule has 2 aromatic rings. The SMILES string of the molecule is CC(C)c1ccc(O[C@@H](C)C(=O)N[C@H](C)c2ccccc2)cc1. The van der Waals surface area contributed by atoms with E-state index in [-0.39, 0.29) is 11.9 Å². The van der Waals surface area contributed by atoms with E-state index in [2.05, 4.69) is 19.2 Å². The van der Waals surface area contributed by atoms with Gasteiger partial charge in [0.2, 0.25) is 0 Å². The number of rotatable bonds is 6. The summed E-state index contributed by atoms with van der Waals surface area (Å²) >= 11 is 0. The molecular weight excluding hydrogens is 286 g/mol. The van der Waals surface area contributed by atoms with Crippen LogP contribution in [0.4, 0.5) is 0 Å². The highest BCUT2D eigenvalue weighted by atomic mass is 16.5. The molecule has 0 spiro atoms. The first-order chi connectivity index (χ1) is 11.0. The summed E-state index contributed by atoms with van der Waals surface area (Å²) in [6.07, 6.45) is -0.536. The van der Waals surface area contributed by atoms with Gasteiger partial charge in [0.05, 0.1) is 6.04 Å². The fourth-order valence-electron chi connectivity index (χ4n) is 2.34. The number of carbonyl (C=O) groups is 1. The van der Waals surface area contributed by atoms with Gasteiger partial charge in [-0.2, -0.15) is 0 Å². The second-order valence-corrected chi connectivity index (χ2v) is 6.12. The molecule has 0 bridgehead atoms. The lowest BCUT2D eigenvalue weighted by atomic mass is 10.0. The third kappa shape index (κ3) is 4.85. The monoisotopic (exact) mass is 311 g/mol. The maximum Gasteiger partial charge on any atom is 0.261 e. The Morgan fingerprint density at radius 3 is 2.04 bits per heavy atom. The molecule has 1 N–H and O–H groups in total. The Morgan fingerprint density at radius 1 is 0.870 bits per heavy atom. The summed E-state index contributed by atoms with van der Waals surface area (Å²) in [6.45, 7) is 8.04. The molecule has 0 heterocycles. The van der Waals surface area contributed by atoms with E-state index in [9.17, 15) is 4.79 Å². The van der Waals surface area contributed by atoms with E-state index < -0.39 is 6.10 Å². The van der Waals surface area contributed by atoms with Crippen molar-refractivity contribution in [3.63, 3.8) is 0 Å². The van der Waals surface area contributed by atoms with E-state index >= 15 is 0 Å². The Balaban J connectivity index is 1.92. The molecule has 2 aromatic carbocycles. The molecule has 23 heavy (non-hydrogen) atoms. The predicted octanol–water partition coefficient (Wildman–Crippen LogP) is 4.45. The van der Waals surface area contributed by atoms with Gasteiger partial charge < -0.3 is 10.1 Å². The summed E-state index contributed by atoms with van der Waals surface area (Å²) in [5, 5.41) is 2.98. The molecule has 2 atom stereocenters. The van der Waals surface area contributed by atoms with Crippen LogP contribution >= 0.6 is 0 Å². The Morgan fingerprint density at radius 2 is 1.48 bits per heavy atom. The van der Waals surface area contributed by atoms with Crippen molar-refractivity contribution in [3.05, 3.63) is 65.7 Å². The van der Waals surface area contributed by atoms with Crippen molar-refractivity contribution in [2.24, 2.45) is 0 Å². The van der Waals surface area contributed by atoms with Crippen molar-refractivity contribution >= 4 is 5.91 Å². The molecule has 1 amide bonds. The number of amides is 1. The molecule has 122 valence electrons. The van der Waals surface area contributed by atoms with Crippen molar-refractivity contribution in [1.29, 1.82) is 0 Å². The Bertz CT molecular complexity index is 620. The maximum atomic E-state index is 12.3. The number of ether oxygens (including phenoxy) is 1. The number of carbonyl (C=O) groups excluding carboxylic acids is 1. The highest BCUT2D eigenvalue weighted by Gasteiger charge is 2.17. The molecule has 0 aromatic heterocycles. The summed E-state index contributed by atoms with van der Waals surface area (Å²) in [5.74, 6) is 1.08. The minimum atomic E-state index is -0.536. The van der Waals surface area contributed by atoms with Crippen molar-refractivity contribution in [3.8, 4) is 5.75 Å². The van der Waals surface area contributed by atoms with Crippen LogP contribution in [0.3, 0.4) is 0 Å². The zero-order chi connectivity index (χ0) is 16.8. The van der Waals surface area contributed by atoms with E-state index in [1.54, 1.807) is 6.92 Å². The van der Waals surface area contributed by atoms with Crippen LogP contribution in [-0.2, 0) is 4.79 Å². The van der Waals surface area contributed by atoms with E-state index in [4.69, 9.17) is 4.74 Å². The Labute approximate surface area is 138 Å². The molecule has 3 heteroatoms. The van der Waals surface area contributed by atoms with Crippen LogP contribution in [0.2, 0.25) is 0 Å². The fourth-order valence-corrected chi connectivity index (χ4v) is 2.34. The van der Waals surface area contributed by atoms with E-state index in [1.807, 2.05) is 61.5 Å². The third-order valence-corrected chi connectivity index (χ3v) is 3.89. The largest absolute Gasteiger partial charge is 0.481 e. The van der Waals surface area contributed by atoms with Crippen molar-refractivity contribution in [1.82, 2.24) is 5.32 Å². The molecular formula is C20H25NO2. The number of hydrogen-bond donors (Lipinski definition) is 1. The molecule has 0 fully saturated rings. The molecule has 2 rings (SSSR count). The second kappa shape index (κ2) is 7.82. The predicted molar refractivity (Wildman–Crippen MR) is 93.6 cm³/mol. The van der Waals surface area contributed by atoms with Crippen LogP contribution in [0, 0.1) is 0 Å². The van der Waals surface area contributed by atoms with Crippen LogP contribution in [0.5, 0.6) is 5.75 Å². The van der Waals surface area contributed by atoms with E-state index in [0.717, 1.165) is 5.56 Å². The molecule has 0 saturated carbocycles. The van der Waals surface area contributed by atoms with Gasteiger partial charge in [-0.15, -0.1) is 0 Å². The first-order valence-electron chi connectivity index (χ1n) is 8.09. The van der Waals surface area contributed by atoms with Crippen LogP contribution in [-0.4, -0.2) is 12.0 Å². The molecule has 3 nitrogen and oxygen atoms in total. The fraction of sp³-hybridized carbons (Fsp3) is 0.350. The molecule has 0 aliphatic rings. The maximum absolute atomic E-state index is 12.3. The van der Waals surface area contributed by atoms with Crippen molar-refractivity contribution < 1.29 is 9.53 Å². The van der Waals surface area contributed by atoms with Gasteiger partial charge in [-0.25, -0.2) is 0 Å². The van der Waals surface area contributed by atoms with Gasteiger partial charge in [0.1, 0.15) is 5.75 Å². The van der Waals surface area contributed by atoms with E-state index in [0.29, 0.717) is 11.7 Å². The topological polar surface area (TPSA) is 38.3 Å². The number of nitrogens with one attached hydrogen (secondary N) is 1. The Kier molecular flexibility index (Phi) is 5.80. The lowest BCUT2D eigenvalue weighted by Gasteiger charge is -2.19. The second-order valence-electron chi connectivity index (χ2n) is 6.12. The molecule has 0 saturated heterocycles. The highest BCUT2D eigenvalue weighted by molar-refractivity contribution is 5.81. The minimum Gasteiger partial charge on any atom is -0.481 e. The van der Waals surface area contributed by atoms with Crippen molar-refractivity contribution in [2.45, 2.75) is 45.8 Å².